The lowest BCUT2D eigenvalue weighted by Gasteiger charge is -2.44. The lowest BCUT2D eigenvalue weighted by Crippen LogP contribution is -2.67. The summed E-state index contributed by atoms with van der Waals surface area (Å²) in [4.78, 5) is 5.12. The van der Waals surface area contributed by atoms with Crippen LogP contribution in [0.25, 0.3) is 0 Å². The molecule has 0 saturated carbocycles. The summed E-state index contributed by atoms with van der Waals surface area (Å²) in [5, 5.41) is 2.40. The van der Waals surface area contributed by atoms with E-state index < -0.39 is 8.32 Å². The number of hydrogen-bond acceptors (Lipinski definition) is 4. The summed E-state index contributed by atoms with van der Waals surface area (Å²) in [6, 6.07) is 37.4. The third-order valence-corrected chi connectivity index (χ3v) is 12.2. The Labute approximate surface area is 234 Å². The van der Waals surface area contributed by atoms with Crippen molar-refractivity contribution in [1.29, 1.82) is 0 Å². The Morgan fingerprint density at radius 2 is 1.05 bits per heavy atom. The average molecular weight is 538 g/mol. The first-order valence-electron chi connectivity index (χ1n) is 13.4. The SMILES string of the molecule is COc1ccc(C(N=C[C@H](C)O[Si](c2ccccc2)(c2ccccc2)C(C)(C)C)c2ccc(OC)cc2)cc1. The van der Waals surface area contributed by atoms with Crippen molar-refractivity contribution in [2.45, 2.75) is 44.9 Å². The Kier molecular flexibility index (Phi) is 9.05. The van der Waals surface area contributed by atoms with Gasteiger partial charge in [-0.1, -0.05) is 106 Å². The lowest BCUT2D eigenvalue weighted by atomic mass is 9.99. The van der Waals surface area contributed by atoms with Crippen LogP contribution in [-0.4, -0.2) is 34.9 Å². The third-order valence-electron chi connectivity index (χ3n) is 7.09. The van der Waals surface area contributed by atoms with Crippen LogP contribution in [0.4, 0.5) is 0 Å². The van der Waals surface area contributed by atoms with Gasteiger partial charge in [-0.3, -0.25) is 4.99 Å². The molecular formula is C34H39NO3Si. The largest absolute Gasteiger partial charge is 0.497 e. The molecule has 1 atom stereocenters. The second kappa shape index (κ2) is 12.5. The first-order valence-corrected chi connectivity index (χ1v) is 15.3. The standard InChI is InChI=1S/C34H39NO3Si/c1-26(38-39(34(2,3)4,31-13-9-7-10-14-31)32-15-11-8-12-16-32)25-35-33(27-17-21-29(36-5)22-18-27)28-19-23-30(37-6)24-20-28/h7-26,33H,1-6H3/t26-/m0/s1. The first-order chi connectivity index (χ1) is 18.8. The summed E-state index contributed by atoms with van der Waals surface area (Å²) in [5.41, 5.74) is 2.16. The normalized spacial score (nSPS) is 13.0. The highest BCUT2D eigenvalue weighted by molar-refractivity contribution is 6.99. The number of aliphatic imine (C=N–C) groups is 1. The summed E-state index contributed by atoms with van der Waals surface area (Å²) < 4.78 is 18.0. The van der Waals surface area contributed by atoms with Gasteiger partial charge < -0.3 is 13.9 Å². The van der Waals surface area contributed by atoms with Gasteiger partial charge in [0.1, 0.15) is 11.5 Å². The summed E-state index contributed by atoms with van der Waals surface area (Å²) in [5.74, 6) is 1.64. The zero-order valence-corrected chi connectivity index (χ0v) is 24.8. The maximum absolute atomic E-state index is 7.22. The molecule has 4 aromatic rings. The fraction of sp³-hybridized carbons (Fsp3) is 0.265. The van der Waals surface area contributed by atoms with Crippen LogP contribution < -0.4 is 19.8 Å². The lowest BCUT2D eigenvalue weighted by molar-refractivity contribution is 0.272. The molecule has 0 bridgehead atoms. The number of hydrogen-bond donors (Lipinski definition) is 0. The zero-order valence-electron chi connectivity index (χ0n) is 23.8. The van der Waals surface area contributed by atoms with Gasteiger partial charge in [-0.25, -0.2) is 0 Å². The molecule has 0 aromatic heterocycles. The van der Waals surface area contributed by atoms with Crippen LogP contribution in [0.2, 0.25) is 5.04 Å². The molecule has 4 rings (SSSR count). The van der Waals surface area contributed by atoms with Crippen LogP contribution in [-0.2, 0) is 4.43 Å². The molecule has 0 fully saturated rings. The summed E-state index contributed by atoms with van der Waals surface area (Å²) >= 11 is 0. The summed E-state index contributed by atoms with van der Waals surface area (Å²) in [7, 11) is 0.665. The van der Waals surface area contributed by atoms with Gasteiger partial charge in [0.25, 0.3) is 8.32 Å². The topological polar surface area (TPSA) is 40.0 Å². The average Bonchev–Trinajstić information content (AvgIpc) is 2.97. The quantitative estimate of drug-likeness (QED) is 0.164. The van der Waals surface area contributed by atoms with Crippen molar-refractivity contribution >= 4 is 24.9 Å². The van der Waals surface area contributed by atoms with E-state index in [0.29, 0.717) is 0 Å². The molecule has 0 radical (unpaired) electrons. The Balaban J connectivity index is 1.73. The Morgan fingerprint density at radius 3 is 1.41 bits per heavy atom. The second-order valence-electron chi connectivity index (χ2n) is 10.7. The molecule has 0 N–H and O–H groups in total. The molecule has 0 unspecified atom stereocenters. The van der Waals surface area contributed by atoms with E-state index in [0.717, 1.165) is 22.6 Å². The van der Waals surface area contributed by atoms with Crippen LogP contribution in [0.1, 0.15) is 44.9 Å². The minimum atomic E-state index is -2.69. The molecule has 0 saturated heterocycles. The minimum absolute atomic E-state index is 0.108. The van der Waals surface area contributed by atoms with Gasteiger partial charge in [0, 0.05) is 6.21 Å². The molecule has 4 aromatic carbocycles. The monoisotopic (exact) mass is 537 g/mol. The fourth-order valence-electron chi connectivity index (χ4n) is 5.14. The van der Waals surface area contributed by atoms with Crippen LogP contribution in [0.5, 0.6) is 11.5 Å². The van der Waals surface area contributed by atoms with E-state index in [9.17, 15) is 0 Å². The van der Waals surface area contributed by atoms with Gasteiger partial charge in [0.15, 0.2) is 0 Å². The second-order valence-corrected chi connectivity index (χ2v) is 15.0. The van der Waals surface area contributed by atoms with Crippen molar-refractivity contribution in [2.24, 2.45) is 4.99 Å². The molecular weight excluding hydrogens is 498 g/mol. The number of methoxy groups -OCH3 is 2. The molecule has 4 nitrogen and oxygen atoms in total. The van der Waals surface area contributed by atoms with E-state index in [2.05, 4.69) is 113 Å². The maximum Gasteiger partial charge on any atom is 0.261 e. The number of ether oxygens (including phenoxy) is 2. The molecule has 39 heavy (non-hydrogen) atoms. The fourth-order valence-corrected chi connectivity index (χ4v) is 9.78. The zero-order chi connectivity index (χ0) is 27.9. The van der Waals surface area contributed by atoms with Gasteiger partial charge in [-0.2, -0.15) is 0 Å². The minimum Gasteiger partial charge on any atom is -0.497 e. The first kappa shape index (κ1) is 28.3. The Hall–Kier alpha value is -3.67. The van der Waals surface area contributed by atoms with Gasteiger partial charge in [0.05, 0.1) is 26.4 Å². The highest BCUT2D eigenvalue weighted by atomic mass is 28.4. The Bertz CT molecular complexity index is 1240. The van der Waals surface area contributed by atoms with Crippen molar-refractivity contribution in [3.05, 3.63) is 120 Å². The summed E-state index contributed by atoms with van der Waals surface area (Å²) in [6.07, 6.45) is 1.76. The smallest absolute Gasteiger partial charge is 0.261 e. The highest BCUT2D eigenvalue weighted by Gasteiger charge is 2.50. The van der Waals surface area contributed by atoms with Crippen LogP contribution in [0.3, 0.4) is 0 Å². The van der Waals surface area contributed by atoms with Gasteiger partial charge >= 0.3 is 0 Å². The van der Waals surface area contributed by atoms with Crippen molar-refractivity contribution in [3.63, 3.8) is 0 Å². The number of rotatable bonds is 10. The predicted molar refractivity (Wildman–Crippen MR) is 164 cm³/mol. The van der Waals surface area contributed by atoms with Gasteiger partial charge in [-0.15, -0.1) is 0 Å². The third kappa shape index (κ3) is 6.32. The molecule has 202 valence electrons. The van der Waals surface area contributed by atoms with Gasteiger partial charge in [-0.05, 0) is 57.7 Å². The molecule has 0 amide bonds. The molecule has 0 aliphatic carbocycles. The van der Waals surface area contributed by atoms with E-state index in [4.69, 9.17) is 18.9 Å². The van der Waals surface area contributed by atoms with Crippen molar-refractivity contribution in [3.8, 4) is 11.5 Å². The van der Waals surface area contributed by atoms with Crippen molar-refractivity contribution in [2.75, 3.05) is 14.2 Å². The molecule has 0 aliphatic heterocycles. The molecule has 0 spiro atoms. The Morgan fingerprint density at radius 1 is 0.641 bits per heavy atom. The summed E-state index contributed by atoms with van der Waals surface area (Å²) in [6.45, 7) is 8.98. The van der Waals surface area contributed by atoms with Crippen molar-refractivity contribution in [1.82, 2.24) is 0 Å². The van der Waals surface area contributed by atoms with Crippen LogP contribution in [0, 0.1) is 0 Å². The van der Waals surface area contributed by atoms with E-state index in [1.807, 2.05) is 30.5 Å². The van der Waals surface area contributed by atoms with E-state index in [1.165, 1.54) is 10.4 Å². The number of nitrogens with zero attached hydrogens (tertiary/aromatic N) is 1. The predicted octanol–water partition coefficient (Wildman–Crippen LogP) is 6.83. The van der Waals surface area contributed by atoms with E-state index in [-0.39, 0.29) is 17.2 Å². The molecule has 5 heteroatoms. The van der Waals surface area contributed by atoms with E-state index in [1.54, 1.807) is 14.2 Å². The maximum atomic E-state index is 7.22. The highest BCUT2D eigenvalue weighted by Crippen LogP contribution is 2.37. The number of benzene rings is 4. The molecule has 0 heterocycles. The van der Waals surface area contributed by atoms with Crippen molar-refractivity contribution < 1.29 is 13.9 Å². The molecule has 0 aliphatic rings. The van der Waals surface area contributed by atoms with Crippen LogP contribution >= 0.6 is 0 Å². The van der Waals surface area contributed by atoms with E-state index >= 15 is 0 Å². The van der Waals surface area contributed by atoms with Crippen LogP contribution in [0.15, 0.2) is 114 Å². The van der Waals surface area contributed by atoms with Gasteiger partial charge in [0.2, 0.25) is 0 Å².